The van der Waals surface area contributed by atoms with E-state index in [1.165, 1.54) is 5.56 Å². The van der Waals surface area contributed by atoms with Gasteiger partial charge < -0.3 is 0 Å². The van der Waals surface area contributed by atoms with Gasteiger partial charge in [-0.25, -0.2) is 4.39 Å². The van der Waals surface area contributed by atoms with Crippen LogP contribution in [-0.2, 0) is 10.8 Å². The van der Waals surface area contributed by atoms with Crippen molar-refractivity contribution < 1.29 is 4.39 Å². The van der Waals surface area contributed by atoms with E-state index in [9.17, 15) is 4.39 Å². The molecule has 0 unspecified atom stereocenters. The van der Waals surface area contributed by atoms with Gasteiger partial charge in [0.2, 0.25) is 0 Å². The lowest BCUT2D eigenvalue weighted by molar-refractivity contribution is 0.403. The molecular formula is C13H16BrF. The highest BCUT2D eigenvalue weighted by atomic mass is 79.9. The highest BCUT2D eigenvalue weighted by Crippen LogP contribution is 2.50. The average molecular weight is 271 g/mol. The molecule has 1 aliphatic carbocycles. The van der Waals surface area contributed by atoms with Crippen LogP contribution in [0.15, 0.2) is 16.6 Å². The summed E-state index contributed by atoms with van der Waals surface area (Å²) < 4.78 is 14.1. The average Bonchev–Trinajstić information content (AvgIpc) is 2.21. The molecule has 0 saturated heterocycles. The molecule has 0 aliphatic heterocycles. The van der Waals surface area contributed by atoms with Gasteiger partial charge in [0.15, 0.2) is 0 Å². The SMILES string of the molecule is CC1(C)CC(C)(C)c2cc(Br)c(F)cc21. The van der Waals surface area contributed by atoms with Gasteiger partial charge in [-0.3, -0.25) is 0 Å². The minimum atomic E-state index is -0.153. The van der Waals surface area contributed by atoms with E-state index in [-0.39, 0.29) is 16.6 Å². The Balaban J connectivity index is 2.71. The maximum atomic E-state index is 13.5. The molecule has 2 rings (SSSR count). The molecule has 2 heteroatoms. The number of hydrogen-bond donors (Lipinski definition) is 0. The van der Waals surface area contributed by atoms with Crippen LogP contribution in [0.4, 0.5) is 4.39 Å². The topological polar surface area (TPSA) is 0 Å². The van der Waals surface area contributed by atoms with Crippen molar-refractivity contribution in [2.75, 3.05) is 0 Å². The first-order valence-corrected chi connectivity index (χ1v) is 6.03. The molecule has 0 saturated carbocycles. The predicted molar refractivity (Wildman–Crippen MR) is 64.8 cm³/mol. The lowest BCUT2D eigenvalue weighted by atomic mass is 9.82. The highest BCUT2D eigenvalue weighted by molar-refractivity contribution is 9.10. The van der Waals surface area contributed by atoms with E-state index in [4.69, 9.17) is 0 Å². The molecule has 0 amide bonds. The largest absolute Gasteiger partial charge is 0.206 e. The lowest BCUT2D eigenvalue weighted by Crippen LogP contribution is -2.17. The van der Waals surface area contributed by atoms with Gasteiger partial charge in [0.25, 0.3) is 0 Å². The van der Waals surface area contributed by atoms with Gasteiger partial charge in [-0.1, -0.05) is 27.7 Å². The monoisotopic (exact) mass is 270 g/mol. The Morgan fingerprint density at radius 2 is 1.53 bits per heavy atom. The number of rotatable bonds is 0. The molecule has 0 N–H and O–H groups in total. The highest BCUT2D eigenvalue weighted by Gasteiger charge is 2.42. The molecule has 15 heavy (non-hydrogen) atoms. The molecule has 82 valence electrons. The van der Waals surface area contributed by atoms with Crippen molar-refractivity contribution in [3.05, 3.63) is 33.5 Å². The molecule has 1 aromatic carbocycles. The van der Waals surface area contributed by atoms with Crippen LogP contribution < -0.4 is 0 Å². The van der Waals surface area contributed by atoms with Gasteiger partial charge in [-0.15, -0.1) is 0 Å². The van der Waals surface area contributed by atoms with E-state index in [2.05, 4.69) is 43.6 Å². The molecule has 0 spiro atoms. The van der Waals surface area contributed by atoms with Crippen molar-refractivity contribution in [2.45, 2.75) is 44.9 Å². The Morgan fingerprint density at radius 1 is 1.07 bits per heavy atom. The summed E-state index contributed by atoms with van der Waals surface area (Å²) in [5.74, 6) is -0.153. The number of benzene rings is 1. The second kappa shape index (κ2) is 3.07. The fourth-order valence-electron chi connectivity index (χ4n) is 2.96. The van der Waals surface area contributed by atoms with Crippen molar-refractivity contribution in [1.29, 1.82) is 0 Å². The van der Waals surface area contributed by atoms with E-state index < -0.39 is 0 Å². The molecular weight excluding hydrogens is 255 g/mol. The summed E-state index contributed by atoms with van der Waals surface area (Å²) >= 11 is 3.26. The third-order valence-electron chi connectivity index (χ3n) is 3.40. The maximum absolute atomic E-state index is 13.5. The van der Waals surface area contributed by atoms with Gasteiger partial charge in [0, 0.05) is 0 Å². The second-order valence-corrected chi connectivity index (χ2v) is 6.61. The normalized spacial score (nSPS) is 21.5. The Bertz CT molecular complexity index is 380. The molecule has 0 aromatic heterocycles. The summed E-state index contributed by atoms with van der Waals surface area (Å²) in [6, 6.07) is 3.63. The van der Waals surface area contributed by atoms with Gasteiger partial charge in [0.1, 0.15) is 5.82 Å². The first-order chi connectivity index (χ1) is 6.74. The van der Waals surface area contributed by atoms with E-state index >= 15 is 0 Å². The number of fused-ring (bicyclic) bond motifs is 1. The molecule has 0 fully saturated rings. The Kier molecular flexibility index (Phi) is 2.27. The summed E-state index contributed by atoms with van der Waals surface area (Å²) in [4.78, 5) is 0. The molecule has 1 aromatic rings. The lowest BCUT2D eigenvalue weighted by Gasteiger charge is -2.22. The smallest absolute Gasteiger partial charge is 0.137 e. The summed E-state index contributed by atoms with van der Waals surface area (Å²) in [5, 5.41) is 0. The maximum Gasteiger partial charge on any atom is 0.137 e. The van der Waals surface area contributed by atoms with Crippen molar-refractivity contribution in [3.63, 3.8) is 0 Å². The summed E-state index contributed by atoms with van der Waals surface area (Å²) in [6.45, 7) is 8.83. The van der Waals surface area contributed by atoms with Gasteiger partial charge in [-0.2, -0.15) is 0 Å². The third-order valence-corrected chi connectivity index (χ3v) is 4.01. The number of hydrogen-bond acceptors (Lipinski definition) is 0. The molecule has 0 radical (unpaired) electrons. The standard InChI is InChI=1S/C13H16BrF/c1-12(2)7-13(3,4)9-6-11(15)10(14)5-8(9)12/h5-6H,7H2,1-4H3. The van der Waals surface area contributed by atoms with Crippen LogP contribution in [0.3, 0.4) is 0 Å². The fraction of sp³-hybridized carbons (Fsp3) is 0.538. The van der Waals surface area contributed by atoms with E-state index in [1.807, 2.05) is 6.07 Å². The van der Waals surface area contributed by atoms with E-state index in [0.717, 1.165) is 12.0 Å². The second-order valence-electron chi connectivity index (χ2n) is 5.76. The van der Waals surface area contributed by atoms with Gasteiger partial charge in [0.05, 0.1) is 4.47 Å². The molecule has 0 heterocycles. The van der Waals surface area contributed by atoms with Crippen LogP contribution >= 0.6 is 15.9 Å². The molecule has 1 aliphatic rings. The van der Waals surface area contributed by atoms with Gasteiger partial charge in [-0.05, 0) is 56.4 Å². The summed E-state index contributed by atoms with van der Waals surface area (Å²) in [5.41, 5.74) is 2.67. The van der Waals surface area contributed by atoms with Crippen LogP contribution in [0, 0.1) is 5.82 Å². The van der Waals surface area contributed by atoms with Crippen LogP contribution in [0.5, 0.6) is 0 Å². The fourth-order valence-corrected chi connectivity index (χ4v) is 3.31. The molecule has 0 bridgehead atoms. The summed E-state index contributed by atoms with van der Waals surface area (Å²) in [6.07, 6.45) is 1.07. The Morgan fingerprint density at radius 3 is 2.07 bits per heavy atom. The van der Waals surface area contributed by atoms with Crippen LogP contribution in [-0.4, -0.2) is 0 Å². The quantitative estimate of drug-likeness (QED) is 0.649. The van der Waals surface area contributed by atoms with Crippen molar-refractivity contribution in [2.24, 2.45) is 0 Å². The first kappa shape index (κ1) is 11.1. The molecule has 0 nitrogen and oxygen atoms in total. The van der Waals surface area contributed by atoms with Crippen molar-refractivity contribution >= 4 is 15.9 Å². The molecule has 0 atom stereocenters. The Labute approximate surface area is 99.0 Å². The van der Waals surface area contributed by atoms with Crippen molar-refractivity contribution in [1.82, 2.24) is 0 Å². The van der Waals surface area contributed by atoms with E-state index in [1.54, 1.807) is 6.07 Å². The van der Waals surface area contributed by atoms with Crippen LogP contribution in [0.25, 0.3) is 0 Å². The van der Waals surface area contributed by atoms with Gasteiger partial charge >= 0.3 is 0 Å². The zero-order chi connectivity index (χ0) is 11.4. The minimum Gasteiger partial charge on any atom is -0.206 e. The third kappa shape index (κ3) is 1.63. The van der Waals surface area contributed by atoms with Crippen LogP contribution in [0.1, 0.15) is 45.2 Å². The van der Waals surface area contributed by atoms with Crippen LogP contribution in [0.2, 0.25) is 0 Å². The van der Waals surface area contributed by atoms with E-state index in [0.29, 0.717) is 4.47 Å². The zero-order valence-electron chi connectivity index (χ0n) is 9.62. The van der Waals surface area contributed by atoms with Crippen molar-refractivity contribution in [3.8, 4) is 0 Å². The summed E-state index contributed by atoms with van der Waals surface area (Å²) in [7, 11) is 0. The number of halogens is 2. The predicted octanol–water partition coefficient (Wildman–Crippen LogP) is 4.55. The minimum absolute atomic E-state index is 0.0837. The zero-order valence-corrected chi connectivity index (χ0v) is 11.2. The first-order valence-electron chi connectivity index (χ1n) is 5.24. The Hall–Kier alpha value is -0.370.